The smallest absolute Gasteiger partial charge is 0.328 e. The number of aromatic nitrogens is 1. The van der Waals surface area contributed by atoms with E-state index in [0.717, 1.165) is 0 Å². The molecule has 0 aliphatic carbocycles. The Morgan fingerprint density at radius 2 is 2.17 bits per heavy atom. The highest BCUT2D eigenvalue weighted by Crippen LogP contribution is 2.22. The van der Waals surface area contributed by atoms with E-state index in [1.165, 1.54) is 0 Å². The Bertz CT molecular complexity index is 394. The van der Waals surface area contributed by atoms with Gasteiger partial charge in [0.15, 0.2) is 11.6 Å². The number of esters is 1. The first-order valence-corrected chi connectivity index (χ1v) is 6.09. The largest absolute Gasteiger partial charge is 0.487 e. The molecule has 1 aromatic heterocycles. The highest BCUT2D eigenvalue weighted by molar-refractivity contribution is 5.78. The predicted octanol–water partition coefficient (Wildman–Crippen LogP) is 2.23. The summed E-state index contributed by atoms with van der Waals surface area (Å²) in [5.74, 6) is 0.869. The van der Waals surface area contributed by atoms with Gasteiger partial charge >= 0.3 is 5.97 Å². The van der Waals surface area contributed by atoms with Crippen molar-refractivity contribution in [3.05, 3.63) is 18.3 Å². The van der Waals surface area contributed by atoms with Gasteiger partial charge < -0.3 is 14.8 Å². The van der Waals surface area contributed by atoms with E-state index in [-0.39, 0.29) is 12.1 Å². The van der Waals surface area contributed by atoms with Crippen LogP contribution in [0, 0.1) is 0 Å². The Morgan fingerprint density at radius 1 is 1.44 bits per heavy atom. The first kappa shape index (κ1) is 14.3. The Balaban J connectivity index is 2.74. The molecule has 0 fully saturated rings. The van der Waals surface area contributed by atoms with Gasteiger partial charge in [0, 0.05) is 6.20 Å². The number of carbonyl (C=O) groups is 1. The van der Waals surface area contributed by atoms with E-state index in [1.54, 1.807) is 26.1 Å². The zero-order valence-electron chi connectivity index (χ0n) is 11.3. The molecule has 0 saturated carbocycles. The van der Waals surface area contributed by atoms with Crippen LogP contribution in [-0.4, -0.2) is 29.7 Å². The minimum atomic E-state index is -0.464. The number of pyridine rings is 1. The molecule has 0 saturated heterocycles. The van der Waals surface area contributed by atoms with Crippen LogP contribution >= 0.6 is 0 Å². The molecule has 0 aliphatic heterocycles. The van der Waals surface area contributed by atoms with E-state index < -0.39 is 6.04 Å². The summed E-state index contributed by atoms with van der Waals surface area (Å²) in [6, 6.07) is 3.14. The number of carbonyl (C=O) groups excluding carboxylic acids is 1. The molecule has 0 radical (unpaired) electrons. The van der Waals surface area contributed by atoms with Crippen LogP contribution in [-0.2, 0) is 9.53 Å². The van der Waals surface area contributed by atoms with Crippen molar-refractivity contribution in [2.75, 3.05) is 11.9 Å². The van der Waals surface area contributed by atoms with Crippen molar-refractivity contribution in [3.63, 3.8) is 0 Å². The highest BCUT2D eigenvalue weighted by Gasteiger charge is 2.16. The van der Waals surface area contributed by atoms with E-state index in [9.17, 15) is 4.79 Å². The zero-order valence-corrected chi connectivity index (χ0v) is 11.3. The lowest BCUT2D eigenvalue weighted by Gasteiger charge is -2.17. The first-order valence-electron chi connectivity index (χ1n) is 6.09. The lowest BCUT2D eigenvalue weighted by molar-refractivity contribution is -0.143. The van der Waals surface area contributed by atoms with Gasteiger partial charge in [-0.25, -0.2) is 9.78 Å². The van der Waals surface area contributed by atoms with E-state index >= 15 is 0 Å². The van der Waals surface area contributed by atoms with Crippen molar-refractivity contribution in [2.24, 2.45) is 0 Å². The van der Waals surface area contributed by atoms with E-state index in [1.807, 2.05) is 19.9 Å². The summed E-state index contributed by atoms with van der Waals surface area (Å²) >= 11 is 0. The van der Waals surface area contributed by atoms with Crippen molar-refractivity contribution in [1.82, 2.24) is 4.98 Å². The van der Waals surface area contributed by atoms with Crippen molar-refractivity contribution >= 4 is 11.8 Å². The van der Waals surface area contributed by atoms with Crippen LogP contribution in [0.2, 0.25) is 0 Å². The molecule has 1 N–H and O–H groups in total. The lowest BCUT2D eigenvalue weighted by atomic mass is 10.3. The minimum Gasteiger partial charge on any atom is -0.487 e. The molecule has 0 amide bonds. The fraction of sp³-hybridized carbons (Fsp3) is 0.538. The molecular weight excluding hydrogens is 232 g/mol. The summed E-state index contributed by atoms with van der Waals surface area (Å²) in [5.41, 5.74) is 0. The highest BCUT2D eigenvalue weighted by atomic mass is 16.5. The first-order chi connectivity index (χ1) is 8.54. The number of nitrogens with zero attached hydrogens (tertiary/aromatic N) is 1. The van der Waals surface area contributed by atoms with E-state index in [0.29, 0.717) is 18.2 Å². The SMILES string of the molecule is CCOC(=O)C(C)Nc1ncccc1OC(C)C. The third kappa shape index (κ3) is 4.24. The van der Waals surface area contributed by atoms with Crippen LogP contribution in [0.25, 0.3) is 0 Å². The van der Waals surface area contributed by atoms with Crippen molar-refractivity contribution < 1.29 is 14.3 Å². The second kappa shape index (κ2) is 6.83. The molecule has 1 rings (SSSR count). The third-order valence-corrected chi connectivity index (χ3v) is 2.13. The molecule has 0 spiro atoms. The van der Waals surface area contributed by atoms with Crippen molar-refractivity contribution in [3.8, 4) is 5.75 Å². The summed E-state index contributed by atoms with van der Waals surface area (Å²) in [4.78, 5) is 15.7. The van der Waals surface area contributed by atoms with Crippen LogP contribution in [0.15, 0.2) is 18.3 Å². The third-order valence-electron chi connectivity index (χ3n) is 2.13. The molecule has 5 heteroatoms. The van der Waals surface area contributed by atoms with Crippen molar-refractivity contribution in [2.45, 2.75) is 39.8 Å². The molecular formula is C13H20N2O3. The maximum absolute atomic E-state index is 11.5. The second-order valence-electron chi connectivity index (χ2n) is 4.13. The second-order valence-corrected chi connectivity index (χ2v) is 4.13. The molecule has 1 heterocycles. The van der Waals surface area contributed by atoms with Crippen LogP contribution < -0.4 is 10.1 Å². The minimum absolute atomic E-state index is 0.0487. The molecule has 0 aromatic carbocycles. The molecule has 18 heavy (non-hydrogen) atoms. The average molecular weight is 252 g/mol. The standard InChI is InChI=1S/C13H20N2O3/c1-5-17-13(16)10(4)15-12-11(18-9(2)3)7-6-8-14-12/h6-10H,5H2,1-4H3,(H,14,15). The number of rotatable bonds is 6. The van der Waals surface area contributed by atoms with Crippen LogP contribution in [0.5, 0.6) is 5.75 Å². The molecule has 1 atom stereocenters. The number of anilines is 1. The number of hydrogen-bond acceptors (Lipinski definition) is 5. The lowest BCUT2D eigenvalue weighted by Crippen LogP contribution is -2.29. The van der Waals surface area contributed by atoms with Gasteiger partial charge in [-0.3, -0.25) is 0 Å². The topological polar surface area (TPSA) is 60.5 Å². The molecule has 0 bridgehead atoms. The molecule has 1 unspecified atom stereocenters. The number of ether oxygens (including phenoxy) is 2. The van der Waals surface area contributed by atoms with Gasteiger partial charge in [0.2, 0.25) is 0 Å². The monoisotopic (exact) mass is 252 g/mol. The van der Waals surface area contributed by atoms with Gasteiger partial charge in [-0.2, -0.15) is 0 Å². The summed E-state index contributed by atoms with van der Waals surface area (Å²) in [5, 5.41) is 2.99. The fourth-order valence-electron chi connectivity index (χ4n) is 1.38. The molecule has 0 aliphatic rings. The van der Waals surface area contributed by atoms with E-state index in [4.69, 9.17) is 9.47 Å². The van der Waals surface area contributed by atoms with Crippen LogP contribution in [0.1, 0.15) is 27.7 Å². The van der Waals surface area contributed by atoms with Gasteiger partial charge in [-0.1, -0.05) is 0 Å². The predicted molar refractivity (Wildman–Crippen MR) is 69.7 cm³/mol. The molecule has 100 valence electrons. The van der Waals surface area contributed by atoms with E-state index in [2.05, 4.69) is 10.3 Å². The van der Waals surface area contributed by atoms with Gasteiger partial charge in [0.25, 0.3) is 0 Å². The fourth-order valence-corrected chi connectivity index (χ4v) is 1.38. The maximum Gasteiger partial charge on any atom is 0.328 e. The average Bonchev–Trinajstić information content (AvgIpc) is 2.31. The quantitative estimate of drug-likeness (QED) is 0.787. The van der Waals surface area contributed by atoms with Gasteiger partial charge in [0.1, 0.15) is 6.04 Å². The van der Waals surface area contributed by atoms with Crippen LogP contribution in [0.3, 0.4) is 0 Å². The summed E-state index contributed by atoms with van der Waals surface area (Å²) in [6.45, 7) is 7.74. The van der Waals surface area contributed by atoms with Gasteiger partial charge in [-0.15, -0.1) is 0 Å². The Kier molecular flexibility index (Phi) is 5.42. The van der Waals surface area contributed by atoms with Crippen molar-refractivity contribution in [1.29, 1.82) is 0 Å². The van der Waals surface area contributed by atoms with Crippen LogP contribution in [0.4, 0.5) is 5.82 Å². The normalized spacial score (nSPS) is 12.1. The molecule has 5 nitrogen and oxygen atoms in total. The van der Waals surface area contributed by atoms with Gasteiger partial charge in [0.05, 0.1) is 12.7 Å². The zero-order chi connectivity index (χ0) is 13.5. The Morgan fingerprint density at radius 3 is 2.78 bits per heavy atom. The maximum atomic E-state index is 11.5. The summed E-state index contributed by atoms with van der Waals surface area (Å²) in [6.07, 6.45) is 1.69. The number of nitrogens with one attached hydrogen (secondary N) is 1. The Hall–Kier alpha value is -1.78. The summed E-state index contributed by atoms with van der Waals surface area (Å²) < 4.78 is 10.5. The Labute approximate surface area is 108 Å². The molecule has 1 aromatic rings. The van der Waals surface area contributed by atoms with Gasteiger partial charge in [-0.05, 0) is 39.8 Å². The summed E-state index contributed by atoms with van der Waals surface area (Å²) in [7, 11) is 0. The number of hydrogen-bond donors (Lipinski definition) is 1.